The number of aromatic carboxylic acids is 1. The fourth-order valence-electron chi connectivity index (χ4n) is 1.28. The first-order valence-electron chi connectivity index (χ1n) is 4.92. The Kier molecular flexibility index (Phi) is 3.77. The number of carboxylic acids is 1. The Morgan fingerprint density at radius 1 is 1.37 bits per heavy atom. The predicted molar refractivity (Wildman–Crippen MR) is 67.9 cm³/mol. The lowest BCUT2D eigenvalue weighted by Gasteiger charge is -2.01. The van der Waals surface area contributed by atoms with Crippen molar-refractivity contribution in [1.29, 1.82) is 0 Å². The van der Waals surface area contributed by atoms with E-state index in [1.807, 2.05) is 0 Å². The summed E-state index contributed by atoms with van der Waals surface area (Å²) in [7, 11) is 0. The molecule has 0 aliphatic rings. The molecule has 0 radical (unpaired) electrons. The summed E-state index contributed by atoms with van der Waals surface area (Å²) in [6, 6.07) is 6.84. The number of nitro groups is 1. The number of nitrogens with zero attached hydrogens (tertiary/aromatic N) is 1. The summed E-state index contributed by atoms with van der Waals surface area (Å²) in [5.41, 5.74) is -0.111. The summed E-state index contributed by atoms with van der Waals surface area (Å²) in [6.07, 6.45) is 0. The largest absolute Gasteiger partial charge is 0.475 e. The van der Waals surface area contributed by atoms with E-state index in [1.54, 1.807) is 0 Å². The van der Waals surface area contributed by atoms with E-state index in [1.165, 1.54) is 30.3 Å². The molecule has 2 rings (SSSR count). The average molecular weight is 300 g/mol. The second-order valence-corrected chi connectivity index (χ2v) is 4.85. The predicted octanol–water partition coefficient (Wildman–Crippen LogP) is 3.69. The van der Waals surface area contributed by atoms with Crippen LogP contribution in [0.4, 0.5) is 5.69 Å². The van der Waals surface area contributed by atoms with Gasteiger partial charge in [0, 0.05) is 17.0 Å². The van der Waals surface area contributed by atoms with E-state index < -0.39 is 10.9 Å². The molecule has 0 bridgehead atoms. The fraction of sp³-hybridized carbons (Fsp3) is 0. The molecule has 0 saturated carbocycles. The fourth-order valence-corrected chi connectivity index (χ4v) is 2.35. The average Bonchev–Trinajstić information content (AvgIpc) is 2.80. The second-order valence-electron chi connectivity index (χ2n) is 3.40. The van der Waals surface area contributed by atoms with Crippen LogP contribution in [0.5, 0.6) is 0 Å². The van der Waals surface area contributed by atoms with Crippen molar-refractivity contribution >= 4 is 35.0 Å². The van der Waals surface area contributed by atoms with Gasteiger partial charge in [-0.2, -0.15) is 0 Å². The summed E-state index contributed by atoms with van der Waals surface area (Å²) < 4.78 is 5.05. The van der Waals surface area contributed by atoms with Gasteiger partial charge in [0.15, 0.2) is 5.09 Å². The minimum absolute atomic E-state index is 0.111. The molecule has 0 atom stereocenters. The lowest BCUT2D eigenvalue weighted by molar-refractivity contribution is -0.384. The highest BCUT2D eigenvalue weighted by Gasteiger charge is 2.13. The number of benzene rings is 1. The zero-order valence-corrected chi connectivity index (χ0v) is 10.8. The molecule has 8 heteroatoms. The first kappa shape index (κ1) is 13.4. The van der Waals surface area contributed by atoms with Crippen LogP contribution in [0.2, 0.25) is 5.02 Å². The third-order valence-corrected chi connectivity index (χ3v) is 3.55. The topological polar surface area (TPSA) is 93.6 Å². The number of halogens is 1. The van der Waals surface area contributed by atoms with Crippen molar-refractivity contribution < 1.29 is 19.2 Å². The highest BCUT2D eigenvalue weighted by atomic mass is 35.5. The van der Waals surface area contributed by atoms with Gasteiger partial charge in [-0.25, -0.2) is 4.79 Å². The first-order chi connectivity index (χ1) is 8.97. The maximum atomic E-state index is 10.6. The molecule has 1 N–H and O–H groups in total. The van der Waals surface area contributed by atoms with Gasteiger partial charge in [-0.15, -0.1) is 0 Å². The van der Waals surface area contributed by atoms with E-state index in [-0.39, 0.29) is 16.5 Å². The van der Waals surface area contributed by atoms with E-state index in [0.29, 0.717) is 9.99 Å². The van der Waals surface area contributed by atoms with Crippen LogP contribution in [0.15, 0.2) is 44.7 Å². The Morgan fingerprint density at radius 3 is 2.63 bits per heavy atom. The number of non-ortho nitro benzene ring substituents is 1. The van der Waals surface area contributed by atoms with E-state index in [2.05, 4.69) is 0 Å². The molecule has 0 unspecified atom stereocenters. The van der Waals surface area contributed by atoms with E-state index in [9.17, 15) is 14.9 Å². The molecule has 0 aliphatic heterocycles. The highest BCUT2D eigenvalue weighted by molar-refractivity contribution is 7.99. The maximum absolute atomic E-state index is 10.6. The van der Waals surface area contributed by atoms with Crippen LogP contribution >= 0.6 is 23.4 Å². The van der Waals surface area contributed by atoms with Gasteiger partial charge in [-0.05, 0) is 18.2 Å². The molecule has 2 aromatic rings. The molecule has 0 amide bonds. The van der Waals surface area contributed by atoms with Gasteiger partial charge in [0.2, 0.25) is 5.76 Å². The summed E-state index contributed by atoms with van der Waals surface area (Å²) in [6.45, 7) is 0. The molecule has 1 aromatic heterocycles. The van der Waals surface area contributed by atoms with E-state index >= 15 is 0 Å². The van der Waals surface area contributed by atoms with Crippen LogP contribution in [0, 0.1) is 10.1 Å². The van der Waals surface area contributed by atoms with Gasteiger partial charge >= 0.3 is 5.97 Å². The number of hydrogen-bond acceptors (Lipinski definition) is 5. The van der Waals surface area contributed by atoms with Crippen molar-refractivity contribution in [2.45, 2.75) is 9.99 Å². The smallest absolute Gasteiger partial charge is 0.371 e. The monoisotopic (exact) mass is 299 g/mol. The lowest BCUT2D eigenvalue weighted by Crippen LogP contribution is -1.91. The summed E-state index contributed by atoms with van der Waals surface area (Å²) >= 11 is 7.00. The Morgan fingerprint density at radius 2 is 2.11 bits per heavy atom. The number of carbonyl (C=O) groups is 1. The Hall–Kier alpha value is -1.99. The third kappa shape index (κ3) is 3.07. The SMILES string of the molecule is O=C(O)c1ccc(Sc2ccc([N+](=O)[O-])cc2Cl)o1. The third-order valence-electron chi connectivity index (χ3n) is 2.13. The van der Waals surface area contributed by atoms with Gasteiger partial charge in [-0.1, -0.05) is 23.4 Å². The van der Waals surface area contributed by atoms with Gasteiger partial charge in [0.1, 0.15) is 0 Å². The standard InChI is InChI=1S/C11H6ClNO5S/c12-7-5-6(13(16)17)1-3-9(7)19-10-4-2-8(18-10)11(14)15/h1-5H,(H,14,15). The van der Waals surface area contributed by atoms with Crippen LogP contribution in [-0.4, -0.2) is 16.0 Å². The Labute approximate surface area is 116 Å². The minimum Gasteiger partial charge on any atom is -0.475 e. The van der Waals surface area contributed by atoms with Crippen LogP contribution in [0.1, 0.15) is 10.6 Å². The quantitative estimate of drug-likeness (QED) is 0.683. The molecule has 19 heavy (non-hydrogen) atoms. The molecule has 0 fully saturated rings. The van der Waals surface area contributed by atoms with Crippen molar-refractivity contribution in [2.75, 3.05) is 0 Å². The minimum atomic E-state index is -1.17. The Balaban J connectivity index is 2.23. The zero-order chi connectivity index (χ0) is 14.0. The lowest BCUT2D eigenvalue weighted by atomic mass is 10.3. The van der Waals surface area contributed by atoms with Crippen molar-refractivity contribution in [1.82, 2.24) is 0 Å². The number of nitro benzene ring substituents is 1. The molecule has 0 aliphatic carbocycles. The van der Waals surface area contributed by atoms with Gasteiger partial charge in [0.05, 0.1) is 9.95 Å². The number of hydrogen-bond donors (Lipinski definition) is 1. The molecular formula is C11H6ClNO5S. The molecule has 1 aromatic carbocycles. The van der Waals surface area contributed by atoms with Crippen LogP contribution < -0.4 is 0 Å². The summed E-state index contributed by atoms with van der Waals surface area (Å²) in [4.78, 5) is 21.2. The van der Waals surface area contributed by atoms with Crippen molar-refractivity contribution in [3.8, 4) is 0 Å². The molecule has 1 heterocycles. The first-order valence-corrected chi connectivity index (χ1v) is 6.12. The number of carboxylic acid groups (broad SMARTS) is 1. The van der Waals surface area contributed by atoms with Gasteiger partial charge < -0.3 is 9.52 Å². The summed E-state index contributed by atoms with van der Waals surface area (Å²) in [5.74, 6) is -1.35. The van der Waals surface area contributed by atoms with E-state index in [0.717, 1.165) is 11.8 Å². The maximum Gasteiger partial charge on any atom is 0.371 e. The van der Waals surface area contributed by atoms with Gasteiger partial charge in [-0.3, -0.25) is 10.1 Å². The normalized spacial score (nSPS) is 10.4. The Bertz CT molecular complexity index is 654. The van der Waals surface area contributed by atoms with Crippen LogP contribution in [0.3, 0.4) is 0 Å². The number of furan rings is 1. The molecule has 0 spiro atoms. The number of rotatable bonds is 4. The molecule has 0 saturated heterocycles. The van der Waals surface area contributed by atoms with Crippen LogP contribution in [0.25, 0.3) is 0 Å². The van der Waals surface area contributed by atoms with E-state index in [4.69, 9.17) is 21.1 Å². The van der Waals surface area contributed by atoms with Crippen molar-refractivity contribution in [3.05, 3.63) is 51.2 Å². The molecular weight excluding hydrogens is 294 g/mol. The van der Waals surface area contributed by atoms with Crippen molar-refractivity contribution in [3.63, 3.8) is 0 Å². The van der Waals surface area contributed by atoms with Crippen molar-refractivity contribution in [2.24, 2.45) is 0 Å². The molecule has 6 nitrogen and oxygen atoms in total. The van der Waals surface area contributed by atoms with Crippen LogP contribution in [-0.2, 0) is 0 Å². The zero-order valence-electron chi connectivity index (χ0n) is 9.20. The van der Waals surface area contributed by atoms with Gasteiger partial charge in [0.25, 0.3) is 5.69 Å². The summed E-state index contributed by atoms with van der Waals surface area (Å²) in [5, 5.41) is 19.8. The second kappa shape index (κ2) is 5.33. The highest BCUT2D eigenvalue weighted by Crippen LogP contribution is 2.36. The molecule has 98 valence electrons.